The molecule has 0 aliphatic heterocycles. The largest absolute Gasteiger partial charge is 0.466 e. The standard InChI is InChI=1S/C17H30O6/c1-4-6-12-21-15(18)10-8-9-11-16(19)23-14(3)17(20)22-13-7-5-2/h14H,4-13H2,1-3H3. The molecule has 0 spiro atoms. The molecule has 0 aliphatic rings. The molecule has 134 valence electrons. The minimum Gasteiger partial charge on any atom is -0.466 e. The smallest absolute Gasteiger partial charge is 0.347 e. The molecule has 0 fully saturated rings. The lowest BCUT2D eigenvalue weighted by molar-refractivity contribution is -0.166. The van der Waals surface area contributed by atoms with Crippen LogP contribution in [0.2, 0.25) is 0 Å². The van der Waals surface area contributed by atoms with E-state index in [4.69, 9.17) is 14.2 Å². The fourth-order valence-corrected chi connectivity index (χ4v) is 1.68. The van der Waals surface area contributed by atoms with E-state index in [0.29, 0.717) is 32.5 Å². The molecule has 0 saturated carbocycles. The molecular formula is C17H30O6. The van der Waals surface area contributed by atoms with Crippen molar-refractivity contribution in [3.05, 3.63) is 0 Å². The molecule has 0 heterocycles. The predicted molar refractivity (Wildman–Crippen MR) is 85.8 cm³/mol. The summed E-state index contributed by atoms with van der Waals surface area (Å²) in [4.78, 5) is 34.5. The van der Waals surface area contributed by atoms with Crippen LogP contribution in [0.1, 0.15) is 72.1 Å². The van der Waals surface area contributed by atoms with E-state index in [1.165, 1.54) is 6.92 Å². The van der Waals surface area contributed by atoms with Gasteiger partial charge in [0.1, 0.15) is 0 Å². The van der Waals surface area contributed by atoms with Gasteiger partial charge in [0.15, 0.2) is 6.10 Å². The molecule has 23 heavy (non-hydrogen) atoms. The fraction of sp³-hybridized carbons (Fsp3) is 0.824. The number of rotatable bonds is 13. The first-order valence-electron chi connectivity index (χ1n) is 8.53. The Balaban J connectivity index is 3.69. The third-order valence-electron chi connectivity index (χ3n) is 3.16. The normalized spacial score (nSPS) is 11.6. The summed E-state index contributed by atoms with van der Waals surface area (Å²) < 4.78 is 15.0. The molecule has 0 rings (SSSR count). The Hall–Kier alpha value is -1.59. The third-order valence-corrected chi connectivity index (χ3v) is 3.16. The van der Waals surface area contributed by atoms with E-state index >= 15 is 0 Å². The van der Waals surface area contributed by atoms with Crippen molar-refractivity contribution in [3.63, 3.8) is 0 Å². The first-order chi connectivity index (χ1) is 11.0. The van der Waals surface area contributed by atoms with Gasteiger partial charge in [-0.05, 0) is 32.6 Å². The summed E-state index contributed by atoms with van der Waals surface area (Å²) in [5.41, 5.74) is 0. The molecule has 0 bridgehead atoms. The Labute approximate surface area is 138 Å². The molecule has 0 saturated heterocycles. The van der Waals surface area contributed by atoms with Crippen LogP contribution in [0.3, 0.4) is 0 Å². The Morgan fingerprint density at radius 3 is 1.87 bits per heavy atom. The molecule has 6 nitrogen and oxygen atoms in total. The van der Waals surface area contributed by atoms with Gasteiger partial charge in [-0.2, -0.15) is 0 Å². The van der Waals surface area contributed by atoms with Crippen molar-refractivity contribution >= 4 is 17.9 Å². The van der Waals surface area contributed by atoms with Crippen LogP contribution in [0.5, 0.6) is 0 Å². The Kier molecular flexibility index (Phi) is 13.1. The Morgan fingerprint density at radius 2 is 1.30 bits per heavy atom. The lowest BCUT2D eigenvalue weighted by Gasteiger charge is -2.12. The predicted octanol–water partition coefficient (Wildman–Crippen LogP) is 3.17. The number of carbonyl (C=O) groups is 3. The van der Waals surface area contributed by atoms with Gasteiger partial charge in [0.05, 0.1) is 13.2 Å². The van der Waals surface area contributed by atoms with Gasteiger partial charge in [-0.15, -0.1) is 0 Å². The lowest BCUT2D eigenvalue weighted by Crippen LogP contribution is -2.26. The topological polar surface area (TPSA) is 78.9 Å². The summed E-state index contributed by atoms with van der Waals surface area (Å²) >= 11 is 0. The molecule has 0 N–H and O–H groups in total. The molecule has 1 atom stereocenters. The zero-order valence-electron chi connectivity index (χ0n) is 14.6. The van der Waals surface area contributed by atoms with E-state index in [-0.39, 0.29) is 12.4 Å². The van der Waals surface area contributed by atoms with Gasteiger partial charge in [0.25, 0.3) is 0 Å². The summed E-state index contributed by atoms with van der Waals surface area (Å²) in [5.74, 6) is -1.21. The molecule has 0 radical (unpaired) electrons. The molecule has 0 aromatic carbocycles. The lowest BCUT2D eigenvalue weighted by atomic mass is 10.2. The second kappa shape index (κ2) is 14.0. The Bertz CT molecular complexity index is 353. The maximum absolute atomic E-state index is 11.6. The first kappa shape index (κ1) is 21.4. The van der Waals surface area contributed by atoms with Crippen molar-refractivity contribution in [1.82, 2.24) is 0 Å². The number of hydrogen-bond donors (Lipinski definition) is 0. The number of hydrogen-bond acceptors (Lipinski definition) is 6. The summed E-state index contributed by atoms with van der Waals surface area (Å²) in [6, 6.07) is 0. The van der Waals surface area contributed by atoms with Crippen LogP contribution < -0.4 is 0 Å². The van der Waals surface area contributed by atoms with Crippen molar-refractivity contribution in [2.45, 2.75) is 78.2 Å². The minimum absolute atomic E-state index is 0.175. The average molecular weight is 330 g/mol. The SMILES string of the molecule is CCCCOC(=O)CCCCC(=O)OC(C)C(=O)OCCCC. The highest BCUT2D eigenvalue weighted by Crippen LogP contribution is 2.06. The van der Waals surface area contributed by atoms with Crippen LogP contribution in [-0.2, 0) is 28.6 Å². The van der Waals surface area contributed by atoms with Gasteiger partial charge in [0, 0.05) is 12.8 Å². The van der Waals surface area contributed by atoms with Gasteiger partial charge < -0.3 is 14.2 Å². The van der Waals surface area contributed by atoms with Gasteiger partial charge >= 0.3 is 17.9 Å². The summed E-state index contributed by atoms with van der Waals surface area (Å²) in [6.45, 7) is 6.32. The molecular weight excluding hydrogens is 300 g/mol. The van der Waals surface area contributed by atoms with Crippen LogP contribution in [0.4, 0.5) is 0 Å². The van der Waals surface area contributed by atoms with E-state index in [1.54, 1.807) is 0 Å². The molecule has 6 heteroatoms. The highest BCUT2D eigenvalue weighted by atomic mass is 16.6. The molecule has 1 unspecified atom stereocenters. The van der Waals surface area contributed by atoms with E-state index in [2.05, 4.69) is 0 Å². The highest BCUT2D eigenvalue weighted by Gasteiger charge is 2.18. The van der Waals surface area contributed by atoms with Crippen molar-refractivity contribution in [1.29, 1.82) is 0 Å². The molecule has 0 aromatic rings. The second-order valence-corrected chi connectivity index (χ2v) is 5.43. The van der Waals surface area contributed by atoms with Crippen LogP contribution >= 0.6 is 0 Å². The van der Waals surface area contributed by atoms with Crippen LogP contribution in [0.25, 0.3) is 0 Å². The van der Waals surface area contributed by atoms with Crippen LogP contribution in [-0.4, -0.2) is 37.2 Å². The fourth-order valence-electron chi connectivity index (χ4n) is 1.68. The van der Waals surface area contributed by atoms with Gasteiger partial charge in [-0.1, -0.05) is 26.7 Å². The third kappa shape index (κ3) is 12.6. The van der Waals surface area contributed by atoms with E-state index in [1.807, 2.05) is 13.8 Å². The maximum atomic E-state index is 11.6. The monoisotopic (exact) mass is 330 g/mol. The number of carbonyl (C=O) groups excluding carboxylic acids is 3. The van der Waals surface area contributed by atoms with Crippen molar-refractivity contribution in [2.24, 2.45) is 0 Å². The van der Waals surface area contributed by atoms with Crippen molar-refractivity contribution < 1.29 is 28.6 Å². The van der Waals surface area contributed by atoms with Crippen molar-refractivity contribution in [3.8, 4) is 0 Å². The van der Waals surface area contributed by atoms with Crippen molar-refractivity contribution in [2.75, 3.05) is 13.2 Å². The highest BCUT2D eigenvalue weighted by molar-refractivity contribution is 5.79. The summed E-state index contributed by atoms with van der Waals surface area (Å²) in [6.07, 6.45) is 4.25. The number of esters is 3. The molecule has 0 aliphatic carbocycles. The van der Waals surface area contributed by atoms with Gasteiger partial charge in [0.2, 0.25) is 0 Å². The average Bonchev–Trinajstić information content (AvgIpc) is 2.52. The zero-order valence-corrected chi connectivity index (χ0v) is 14.6. The van der Waals surface area contributed by atoms with E-state index < -0.39 is 18.0 Å². The zero-order chi connectivity index (χ0) is 17.5. The van der Waals surface area contributed by atoms with Gasteiger partial charge in [-0.3, -0.25) is 9.59 Å². The first-order valence-corrected chi connectivity index (χ1v) is 8.53. The minimum atomic E-state index is -0.890. The van der Waals surface area contributed by atoms with Crippen LogP contribution in [0.15, 0.2) is 0 Å². The van der Waals surface area contributed by atoms with Crippen LogP contribution in [0, 0.1) is 0 Å². The van der Waals surface area contributed by atoms with E-state index in [0.717, 1.165) is 25.7 Å². The summed E-state index contributed by atoms with van der Waals surface area (Å²) in [5, 5.41) is 0. The quantitative estimate of drug-likeness (QED) is 0.293. The molecule has 0 amide bonds. The Morgan fingerprint density at radius 1 is 0.783 bits per heavy atom. The number of unbranched alkanes of at least 4 members (excludes halogenated alkanes) is 3. The second-order valence-electron chi connectivity index (χ2n) is 5.43. The van der Waals surface area contributed by atoms with Gasteiger partial charge in [-0.25, -0.2) is 4.79 Å². The molecule has 0 aromatic heterocycles. The van der Waals surface area contributed by atoms with E-state index in [9.17, 15) is 14.4 Å². The number of ether oxygens (including phenoxy) is 3. The maximum Gasteiger partial charge on any atom is 0.347 e. The summed E-state index contributed by atoms with van der Waals surface area (Å²) in [7, 11) is 0.